The number of halogens is 2. The van der Waals surface area contributed by atoms with E-state index in [1.54, 1.807) is 17.3 Å². The van der Waals surface area contributed by atoms with E-state index in [1.165, 1.54) is 18.2 Å². The largest absolute Gasteiger partial charge is 0.346 e. The van der Waals surface area contributed by atoms with Crippen LogP contribution in [0.15, 0.2) is 49.2 Å². The summed E-state index contributed by atoms with van der Waals surface area (Å²) < 4.78 is 28.9. The number of carbonyl (C=O) groups excluding carboxylic acids is 1. The van der Waals surface area contributed by atoms with Crippen molar-refractivity contribution in [3.63, 3.8) is 0 Å². The summed E-state index contributed by atoms with van der Waals surface area (Å²) in [4.78, 5) is 31.1. The van der Waals surface area contributed by atoms with Crippen LogP contribution in [0.1, 0.15) is 40.8 Å². The number of aromatic amines is 1. The number of rotatable bonds is 7. The Morgan fingerprint density at radius 3 is 2.67 bits per heavy atom. The van der Waals surface area contributed by atoms with E-state index in [0.717, 1.165) is 53.8 Å². The molecular weight excluding hydrogens is 502 g/mol. The normalized spacial score (nSPS) is 17.4. The number of nitrogens with zero attached hydrogens (tertiary/aromatic N) is 7. The maximum Gasteiger partial charge on any atom is 0.263 e. The number of hydrogen-bond acceptors (Lipinski definition) is 6. The van der Waals surface area contributed by atoms with Crippen molar-refractivity contribution in [3.8, 4) is 11.3 Å². The lowest BCUT2D eigenvalue weighted by Crippen LogP contribution is -2.55. The third-order valence-electron chi connectivity index (χ3n) is 7.61. The molecule has 0 bridgehead atoms. The monoisotopic (exact) mass is 533 g/mol. The van der Waals surface area contributed by atoms with Crippen molar-refractivity contribution in [2.45, 2.75) is 31.9 Å². The molecule has 2 aliphatic rings. The minimum absolute atomic E-state index is 0.104. The van der Waals surface area contributed by atoms with Crippen LogP contribution in [0, 0.1) is 6.04 Å². The quantitative estimate of drug-likeness (QED) is 0.389. The fraction of sp³-hybridized carbons (Fsp3) is 0.393. The van der Waals surface area contributed by atoms with Gasteiger partial charge >= 0.3 is 0 Å². The molecular formula is C28H31F2N8O. The molecule has 203 valence electrons. The zero-order chi connectivity index (χ0) is 27.1. The standard InChI is InChI=1S/C28H31F2N8O/c1-35(2)15-18-9-19(26(29)30)11-20(10-18)28(39)37-7-5-36(6-8-37)22-12-23(13-22)38-16-21(14-34-38)25-24-3-4-31-27(24)33-17-32-25/h3-4,9-11,14,16-17,22,26H,5-8,12-13,15H2,1-2H3,(H,31,32,33). The predicted octanol–water partition coefficient (Wildman–Crippen LogP) is 3.82. The minimum Gasteiger partial charge on any atom is -0.346 e. The summed E-state index contributed by atoms with van der Waals surface area (Å²) in [5.41, 5.74) is 3.57. The minimum atomic E-state index is -2.61. The zero-order valence-corrected chi connectivity index (χ0v) is 22.0. The average molecular weight is 534 g/mol. The molecule has 1 amide bonds. The third-order valence-corrected chi connectivity index (χ3v) is 7.61. The summed E-state index contributed by atoms with van der Waals surface area (Å²) in [5, 5.41) is 5.55. The van der Waals surface area contributed by atoms with Gasteiger partial charge in [0.25, 0.3) is 12.3 Å². The number of aromatic nitrogens is 5. The number of carbonyl (C=O) groups is 1. The van der Waals surface area contributed by atoms with Crippen LogP contribution in [0.25, 0.3) is 22.3 Å². The maximum absolute atomic E-state index is 13.5. The molecule has 1 aliphatic carbocycles. The van der Waals surface area contributed by atoms with Crippen LogP contribution in [0.4, 0.5) is 8.78 Å². The van der Waals surface area contributed by atoms with Gasteiger partial charge in [-0.25, -0.2) is 18.7 Å². The van der Waals surface area contributed by atoms with Crippen LogP contribution >= 0.6 is 0 Å². The van der Waals surface area contributed by atoms with E-state index in [-0.39, 0.29) is 11.5 Å². The number of hydrogen-bond donors (Lipinski definition) is 1. The molecule has 2 fully saturated rings. The van der Waals surface area contributed by atoms with Crippen LogP contribution < -0.4 is 0 Å². The molecule has 39 heavy (non-hydrogen) atoms. The number of piperazine rings is 1. The van der Waals surface area contributed by atoms with Crippen molar-refractivity contribution >= 4 is 16.9 Å². The molecule has 1 saturated heterocycles. The lowest BCUT2D eigenvalue weighted by atomic mass is 9.85. The number of amides is 1. The van der Waals surface area contributed by atoms with Crippen molar-refractivity contribution in [2.75, 3.05) is 40.3 Å². The molecule has 3 aromatic heterocycles. The molecule has 1 aromatic carbocycles. The van der Waals surface area contributed by atoms with Crippen molar-refractivity contribution < 1.29 is 13.6 Å². The summed E-state index contributed by atoms with van der Waals surface area (Å²) in [6.45, 7) is 3.19. The molecule has 1 radical (unpaired) electrons. The Balaban J connectivity index is 1.05. The van der Waals surface area contributed by atoms with E-state index < -0.39 is 6.43 Å². The number of fused-ring (bicyclic) bond motifs is 1. The lowest BCUT2D eigenvalue weighted by Gasteiger charge is -2.45. The molecule has 0 atom stereocenters. The Morgan fingerprint density at radius 1 is 1.13 bits per heavy atom. The predicted molar refractivity (Wildman–Crippen MR) is 143 cm³/mol. The Hall–Kier alpha value is -3.70. The van der Waals surface area contributed by atoms with Crippen molar-refractivity contribution in [2.24, 2.45) is 0 Å². The van der Waals surface area contributed by atoms with E-state index in [1.807, 2.05) is 48.3 Å². The highest BCUT2D eigenvalue weighted by molar-refractivity contribution is 5.94. The summed E-state index contributed by atoms with van der Waals surface area (Å²) >= 11 is 0. The second-order valence-corrected chi connectivity index (χ2v) is 10.6. The second-order valence-electron chi connectivity index (χ2n) is 10.6. The molecule has 6 rings (SSSR count). The van der Waals surface area contributed by atoms with Crippen molar-refractivity contribution in [1.29, 1.82) is 0 Å². The first-order valence-electron chi connectivity index (χ1n) is 13.1. The molecule has 9 nitrogen and oxygen atoms in total. The Labute approximate surface area is 225 Å². The van der Waals surface area contributed by atoms with E-state index in [2.05, 4.69) is 25.0 Å². The van der Waals surface area contributed by atoms with Crippen LogP contribution in [-0.2, 0) is 6.54 Å². The first kappa shape index (κ1) is 25.6. The van der Waals surface area contributed by atoms with Gasteiger partial charge in [-0.15, -0.1) is 0 Å². The molecule has 1 aliphatic heterocycles. The summed E-state index contributed by atoms with van der Waals surface area (Å²) in [6, 6.07) is 8.20. The fourth-order valence-corrected chi connectivity index (χ4v) is 5.55. The Kier molecular flexibility index (Phi) is 6.86. The topological polar surface area (TPSA) is 86.2 Å². The first-order chi connectivity index (χ1) is 18.9. The van der Waals surface area contributed by atoms with Crippen molar-refractivity contribution in [3.05, 3.63) is 71.9 Å². The second kappa shape index (κ2) is 10.5. The van der Waals surface area contributed by atoms with Gasteiger partial charge in [-0.1, -0.05) is 0 Å². The van der Waals surface area contributed by atoms with Gasteiger partial charge in [-0.05, 0) is 56.8 Å². The number of nitrogens with one attached hydrogen (secondary N) is 1. The van der Waals surface area contributed by atoms with Gasteiger partial charge in [0.05, 0.1) is 17.9 Å². The maximum atomic E-state index is 13.5. The van der Waals surface area contributed by atoms with Gasteiger partial charge in [-0.3, -0.25) is 14.4 Å². The van der Waals surface area contributed by atoms with Crippen LogP contribution in [0.2, 0.25) is 0 Å². The average Bonchev–Trinajstić information content (AvgIpc) is 3.57. The lowest BCUT2D eigenvalue weighted by molar-refractivity contribution is 0.0471. The third kappa shape index (κ3) is 5.16. The Bertz CT molecular complexity index is 1470. The summed E-state index contributed by atoms with van der Waals surface area (Å²) in [7, 11) is 3.76. The molecule has 1 N–H and O–H groups in total. The van der Waals surface area contributed by atoms with Crippen LogP contribution in [-0.4, -0.2) is 91.7 Å². The summed E-state index contributed by atoms with van der Waals surface area (Å²) in [6.07, 6.45) is 6.50. The number of benzene rings is 1. The van der Waals surface area contributed by atoms with Gasteiger partial charge in [0.15, 0.2) is 0 Å². The van der Waals surface area contributed by atoms with E-state index in [4.69, 9.17) is 0 Å². The van der Waals surface area contributed by atoms with E-state index in [0.29, 0.717) is 31.2 Å². The van der Waals surface area contributed by atoms with Gasteiger partial charge < -0.3 is 14.8 Å². The zero-order valence-electron chi connectivity index (χ0n) is 22.0. The highest BCUT2D eigenvalue weighted by atomic mass is 19.3. The molecule has 0 unspecified atom stereocenters. The van der Waals surface area contributed by atoms with E-state index in [9.17, 15) is 13.6 Å². The Morgan fingerprint density at radius 2 is 1.92 bits per heavy atom. The first-order valence-corrected chi connectivity index (χ1v) is 13.1. The number of alkyl halides is 2. The highest BCUT2D eigenvalue weighted by Crippen LogP contribution is 2.36. The van der Waals surface area contributed by atoms with Gasteiger partial charge in [0.2, 0.25) is 0 Å². The van der Waals surface area contributed by atoms with Crippen LogP contribution in [0.5, 0.6) is 0 Å². The molecule has 4 heterocycles. The fourth-order valence-electron chi connectivity index (χ4n) is 5.55. The molecule has 11 heteroatoms. The summed E-state index contributed by atoms with van der Waals surface area (Å²) in [5.74, 6) is -0.177. The molecule has 1 saturated carbocycles. The van der Waals surface area contributed by atoms with Gasteiger partial charge in [0.1, 0.15) is 12.0 Å². The SMILES string of the molecule is CN(C)Cc1cc(C(=O)N2CCN(C3C[C](n4cc(-c5ncnc6[nH]ccc56)cn4)C3)CC2)cc(C(F)F)c1. The van der Waals surface area contributed by atoms with Gasteiger partial charge in [0, 0.05) is 73.2 Å². The van der Waals surface area contributed by atoms with E-state index >= 15 is 0 Å². The number of H-pyrrole nitrogens is 1. The van der Waals surface area contributed by atoms with Gasteiger partial charge in [-0.2, -0.15) is 5.10 Å². The van der Waals surface area contributed by atoms with Crippen LogP contribution in [0.3, 0.4) is 0 Å². The highest BCUT2D eigenvalue weighted by Gasteiger charge is 2.38. The molecule has 4 aromatic rings. The smallest absolute Gasteiger partial charge is 0.263 e. The van der Waals surface area contributed by atoms with Crippen molar-refractivity contribution in [1.82, 2.24) is 39.4 Å². The molecule has 0 spiro atoms.